The van der Waals surface area contributed by atoms with E-state index in [2.05, 4.69) is 6.58 Å². The van der Waals surface area contributed by atoms with Crippen molar-refractivity contribution >= 4 is 0 Å². The third-order valence-electron chi connectivity index (χ3n) is 2.66. The zero-order chi connectivity index (χ0) is 13.8. The Bertz CT molecular complexity index is 392. The van der Waals surface area contributed by atoms with E-state index in [0.717, 1.165) is 24.1 Å². The van der Waals surface area contributed by atoms with E-state index in [0.29, 0.717) is 18.4 Å². The summed E-state index contributed by atoms with van der Waals surface area (Å²) in [7, 11) is 0. The van der Waals surface area contributed by atoms with Crippen LogP contribution in [-0.4, -0.2) is 11.2 Å². The van der Waals surface area contributed by atoms with Crippen LogP contribution in [0.15, 0.2) is 36.4 Å². The lowest BCUT2D eigenvalue weighted by atomic mass is 10.0. The fourth-order valence-corrected chi connectivity index (χ4v) is 1.62. The Morgan fingerprint density at radius 3 is 2.28 bits per heavy atom. The van der Waals surface area contributed by atoms with Crippen molar-refractivity contribution < 1.29 is 18.3 Å². The van der Waals surface area contributed by atoms with Crippen LogP contribution in [0.3, 0.4) is 0 Å². The Labute approximate surface area is 105 Å². The highest BCUT2D eigenvalue weighted by Crippen LogP contribution is 2.29. The Kier molecular flexibility index (Phi) is 4.96. The zero-order valence-electron chi connectivity index (χ0n) is 10.3. The van der Waals surface area contributed by atoms with E-state index in [-0.39, 0.29) is 0 Å². The van der Waals surface area contributed by atoms with Gasteiger partial charge in [-0.05, 0) is 43.9 Å². The van der Waals surface area contributed by atoms with Gasteiger partial charge in [0.05, 0.1) is 11.7 Å². The fraction of sp³-hybridized carbons (Fsp3) is 0.429. The molecule has 1 aromatic rings. The summed E-state index contributed by atoms with van der Waals surface area (Å²) in [6, 6.07) is 4.90. The molecule has 1 aromatic carbocycles. The van der Waals surface area contributed by atoms with Crippen molar-refractivity contribution in [3.63, 3.8) is 0 Å². The molecule has 18 heavy (non-hydrogen) atoms. The molecule has 0 saturated heterocycles. The van der Waals surface area contributed by atoms with Gasteiger partial charge in [-0.15, -0.1) is 6.58 Å². The van der Waals surface area contributed by atoms with Gasteiger partial charge in [-0.2, -0.15) is 13.2 Å². The highest BCUT2D eigenvalue weighted by molar-refractivity contribution is 5.25. The molecule has 0 fully saturated rings. The minimum Gasteiger partial charge on any atom is -0.393 e. The number of benzene rings is 1. The highest BCUT2D eigenvalue weighted by Gasteiger charge is 2.29. The lowest BCUT2D eigenvalue weighted by molar-refractivity contribution is -0.137. The summed E-state index contributed by atoms with van der Waals surface area (Å²) in [5.41, 5.74) is 1.03. The van der Waals surface area contributed by atoms with Crippen LogP contribution in [0.5, 0.6) is 0 Å². The maximum atomic E-state index is 12.3. The first-order chi connectivity index (χ1) is 8.29. The molecule has 1 N–H and O–H groups in total. The summed E-state index contributed by atoms with van der Waals surface area (Å²) in [5.74, 6) is 0. The lowest BCUT2D eigenvalue weighted by Gasteiger charge is -2.11. The second kappa shape index (κ2) is 6.05. The van der Waals surface area contributed by atoms with Crippen molar-refractivity contribution in [3.8, 4) is 0 Å². The maximum absolute atomic E-state index is 12.3. The van der Waals surface area contributed by atoms with Crippen molar-refractivity contribution in [2.45, 2.75) is 38.5 Å². The van der Waals surface area contributed by atoms with E-state index < -0.39 is 17.8 Å². The molecule has 0 aromatic heterocycles. The van der Waals surface area contributed by atoms with Crippen LogP contribution in [0.2, 0.25) is 0 Å². The van der Waals surface area contributed by atoms with Gasteiger partial charge in [0.15, 0.2) is 0 Å². The molecule has 1 atom stereocenters. The van der Waals surface area contributed by atoms with Gasteiger partial charge in [-0.25, -0.2) is 0 Å². The molecule has 1 nitrogen and oxygen atoms in total. The summed E-state index contributed by atoms with van der Waals surface area (Å²) in [6.07, 6.45) is -3.18. The molecular formula is C14H17F3O. The van der Waals surface area contributed by atoms with Crippen molar-refractivity contribution in [2.75, 3.05) is 0 Å². The molecule has 0 aliphatic rings. The minimum absolute atomic E-state index is 0.366. The van der Waals surface area contributed by atoms with Crippen LogP contribution >= 0.6 is 0 Å². The van der Waals surface area contributed by atoms with E-state index in [1.54, 1.807) is 0 Å². The number of alkyl halides is 3. The van der Waals surface area contributed by atoms with Gasteiger partial charge < -0.3 is 5.11 Å². The van der Waals surface area contributed by atoms with Gasteiger partial charge in [-0.3, -0.25) is 0 Å². The Morgan fingerprint density at radius 1 is 1.28 bits per heavy atom. The standard InChI is InChI=1S/C14H17F3O/c1-10(2)3-8-13(18)9-11-4-6-12(7-5-11)14(15,16)17/h4-7,13,18H,1,3,8-9H2,2H3. The largest absolute Gasteiger partial charge is 0.416 e. The molecule has 0 aliphatic carbocycles. The summed E-state index contributed by atoms with van der Waals surface area (Å²) in [5, 5.41) is 9.72. The Balaban J connectivity index is 2.56. The molecular weight excluding hydrogens is 241 g/mol. The van der Waals surface area contributed by atoms with Crippen molar-refractivity contribution in [3.05, 3.63) is 47.5 Å². The third kappa shape index (κ3) is 4.92. The van der Waals surface area contributed by atoms with Gasteiger partial charge in [-0.1, -0.05) is 17.7 Å². The normalized spacial score (nSPS) is 13.4. The molecule has 0 aliphatic heterocycles. The van der Waals surface area contributed by atoms with Crippen LogP contribution in [0.25, 0.3) is 0 Å². The van der Waals surface area contributed by atoms with Crippen molar-refractivity contribution in [1.82, 2.24) is 0 Å². The van der Waals surface area contributed by atoms with E-state index in [4.69, 9.17) is 0 Å². The lowest BCUT2D eigenvalue weighted by Crippen LogP contribution is -2.11. The predicted octanol–water partition coefficient (Wildman–Crippen LogP) is 3.97. The smallest absolute Gasteiger partial charge is 0.393 e. The average Bonchev–Trinajstić information content (AvgIpc) is 2.26. The van der Waals surface area contributed by atoms with Crippen LogP contribution in [-0.2, 0) is 12.6 Å². The molecule has 0 amide bonds. The summed E-state index contributed by atoms with van der Waals surface area (Å²) in [4.78, 5) is 0. The predicted molar refractivity (Wildman–Crippen MR) is 65.2 cm³/mol. The van der Waals surface area contributed by atoms with Crippen LogP contribution < -0.4 is 0 Å². The molecule has 100 valence electrons. The number of allylic oxidation sites excluding steroid dienone is 1. The third-order valence-corrected chi connectivity index (χ3v) is 2.66. The fourth-order valence-electron chi connectivity index (χ4n) is 1.62. The summed E-state index contributed by atoms with van der Waals surface area (Å²) < 4.78 is 37.0. The number of halogens is 3. The molecule has 0 spiro atoms. The number of rotatable bonds is 5. The van der Waals surface area contributed by atoms with E-state index in [9.17, 15) is 18.3 Å². The molecule has 1 unspecified atom stereocenters. The minimum atomic E-state index is -4.31. The van der Waals surface area contributed by atoms with Gasteiger partial charge in [0.1, 0.15) is 0 Å². The Hall–Kier alpha value is -1.29. The zero-order valence-corrected chi connectivity index (χ0v) is 10.3. The monoisotopic (exact) mass is 258 g/mol. The second-order valence-corrected chi connectivity index (χ2v) is 4.55. The molecule has 0 saturated carbocycles. The highest BCUT2D eigenvalue weighted by atomic mass is 19.4. The quantitative estimate of drug-likeness (QED) is 0.792. The van der Waals surface area contributed by atoms with Crippen molar-refractivity contribution in [2.24, 2.45) is 0 Å². The second-order valence-electron chi connectivity index (χ2n) is 4.55. The molecule has 0 bridgehead atoms. The number of aliphatic hydroxyl groups is 1. The average molecular weight is 258 g/mol. The van der Waals surface area contributed by atoms with Crippen LogP contribution in [0, 0.1) is 0 Å². The SMILES string of the molecule is C=C(C)CCC(O)Cc1ccc(C(F)(F)F)cc1. The van der Waals surface area contributed by atoms with E-state index >= 15 is 0 Å². The van der Waals surface area contributed by atoms with E-state index in [1.165, 1.54) is 12.1 Å². The van der Waals surface area contributed by atoms with Crippen LogP contribution in [0.4, 0.5) is 13.2 Å². The first-order valence-electron chi connectivity index (χ1n) is 5.77. The number of hydrogen-bond acceptors (Lipinski definition) is 1. The first kappa shape index (κ1) is 14.8. The van der Waals surface area contributed by atoms with Gasteiger partial charge in [0.2, 0.25) is 0 Å². The topological polar surface area (TPSA) is 20.2 Å². The van der Waals surface area contributed by atoms with Gasteiger partial charge in [0, 0.05) is 0 Å². The molecule has 0 radical (unpaired) electrons. The number of aliphatic hydroxyl groups excluding tert-OH is 1. The van der Waals surface area contributed by atoms with Crippen LogP contribution in [0.1, 0.15) is 30.9 Å². The summed E-state index contributed by atoms with van der Waals surface area (Å²) in [6.45, 7) is 5.62. The maximum Gasteiger partial charge on any atom is 0.416 e. The van der Waals surface area contributed by atoms with Crippen molar-refractivity contribution in [1.29, 1.82) is 0 Å². The Morgan fingerprint density at radius 2 is 1.83 bits per heavy atom. The summed E-state index contributed by atoms with van der Waals surface area (Å²) >= 11 is 0. The molecule has 0 heterocycles. The van der Waals surface area contributed by atoms with Gasteiger partial charge in [0.25, 0.3) is 0 Å². The molecule has 4 heteroatoms. The number of hydrogen-bond donors (Lipinski definition) is 1. The van der Waals surface area contributed by atoms with Gasteiger partial charge >= 0.3 is 6.18 Å². The van der Waals surface area contributed by atoms with E-state index in [1.807, 2.05) is 6.92 Å². The first-order valence-corrected chi connectivity index (χ1v) is 5.77. The molecule has 1 rings (SSSR count).